The fraction of sp³-hybridized carbons (Fsp3) is 0.385. The molecule has 0 aliphatic rings. The second-order valence-corrected chi connectivity index (χ2v) is 4.46. The predicted molar refractivity (Wildman–Crippen MR) is 68.9 cm³/mol. The van der Waals surface area contributed by atoms with Gasteiger partial charge in [-0.3, -0.25) is 9.59 Å². The summed E-state index contributed by atoms with van der Waals surface area (Å²) in [5, 5.41) is 1.70. The van der Waals surface area contributed by atoms with Crippen LogP contribution in [-0.2, 0) is 4.79 Å². The monoisotopic (exact) mass is 304 g/mol. The van der Waals surface area contributed by atoms with Crippen LogP contribution in [-0.4, -0.2) is 30.6 Å². The van der Waals surface area contributed by atoms with Crippen LogP contribution in [0, 0.1) is 6.92 Å². The Labute approximate surface area is 119 Å². The summed E-state index contributed by atoms with van der Waals surface area (Å²) in [4.78, 5) is 22.7. The first kappa shape index (κ1) is 16.8. The molecule has 1 unspecified atom stereocenters. The molecule has 116 valence electrons. The van der Waals surface area contributed by atoms with Crippen LogP contribution < -0.4 is 15.8 Å². The summed E-state index contributed by atoms with van der Waals surface area (Å²) in [5.74, 6) is -1.64. The lowest BCUT2D eigenvalue weighted by molar-refractivity contribution is -0.142. The summed E-state index contributed by atoms with van der Waals surface area (Å²) in [5.41, 5.74) is 5.96. The number of benzene rings is 1. The first-order valence-electron chi connectivity index (χ1n) is 6.01. The fourth-order valence-electron chi connectivity index (χ4n) is 1.51. The number of aryl methyl sites for hydroxylation is 1. The molecule has 0 saturated carbocycles. The molecule has 5 nitrogen and oxygen atoms in total. The number of carbonyl (C=O) groups is 2. The minimum atomic E-state index is -4.50. The van der Waals surface area contributed by atoms with Crippen molar-refractivity contribution >= 4 is 11.8 Å². The van der Waals surface area contributed by atoms with Gasteiger partial charge in [0.1, 0.15) is 12.3 Å². The average Bonchev–Trinajstić information content (AvgIpc) is 2.34. The predicted octanol–water partition coefficient (Wildman–Crippen LogP) is 1.54. The maximum atomic E-state index is 12.0. The number of halogens is 3. The van der Waals surface area contributed by atoms with E-state index in [-0.39, 0.29) is 11.3 Å². The number of ether oxygens (including phenoxy) is 1. The molecule has 0 aromatic heterocycles. The Balaban J connectivity index is 2.78. The highest BCUT2D eigenvalue weighted by Crippen LogP contribution is 2.21. The third kappa shape index (κ3) is 5.33. The molecule has 21 heavy (non-hydrogen) atoms. The lowest BCUT2D eigenvalue weighted by atomic mass is 10.1. The van der Waals surface area contributed by atoms with Gasteiger partial charge in [-0.15, -0.1) is 0 Å². The molecule has 1 atom stereocenters. The van der Waals surface area contributed by atoms with Crippen molar-refractivity contribution in [1.82, 2.24) is 5.32 Å². The zero-order valence-corrected chi connectivity index (χ0v) is 11.5. The standard InChI is InChI=1S/C13H15F3N2O3/c1-7-3-4-9(11(17)19)10(5-7)21-8(2)12(20)18-6-13(14,15)16/h3-5,8H,6H2,1-2H3,(H2,17,19)(H,18,20). The number of nitrogens with one attached hydrogen (secondary N) is 1. The molecule has 1 rings (SSSR count). The van der Waals surface area contributed by atoms with E-state index in [0.29, 0.717) is 0 Å². The largest absolute Gasteiger partial charge is 0.480 e. The van der Waals surface area contributed by atoms with Crippen LogP contribution in [0.5, 0.6) is 5.75 Å². The lowest BCUT2D eigenvalue weighted by Gasteiger charge is -2.17. The summed E-state index contributed by atoms with van der Waals surface area (Å²) in [6.07, 6.45) is -5.70. The van der Waals surface area contributed by atoms with Crippen molar-refractivity contribution in [3.8, 4) is 5.75 Å². The Kier molecular flexibility index (Phi) is 5.17. The Bertz CT molecular complexity index is 544. The zero-order valence-electron chi connectivity index (χ0n) is 11.5. The van der Waals surface area contributed by atoms with Gasteiger partial charge in [-0.2, -0.15) is 13.2 Å². The fourth-order valence-corrected chi connectivity index (χ4v) is 1.51. The van der Waals surface area contributed by atoms with E-state index in [4.69, 9.17) is 10.5 Å². The Morgan fingerprint density at radius 1 is 1.38 bits per heavy atom. The van der Waals surface area contributed by atoms with E-state index in [9.17, 15) is 22.8 Å². The smallest absolute Gasteiger partial charge is 0.405 e. The van der Waals surface area contributed by atoms with Crippen LogP contribution in [0.25, 0.3) is 0 Å². The molecule has 1 aromatic carbocycles. The third-order valence-corrected chi connectivity index (χ3v) is 2.54. The number of amides is 2. The first-order valence-corrected chi connectivity index (χ1v) is 6.01. The number of primary amides is 1. The van der Waals surface area contributed by atoms with Gasteiger partial charge in [0.25, 0.3) is 11.8 Å². The van der Waals surface area contributed by atoms with E-state index in [0.717, 1.165) is 5.56 Å². The molecular weight excluding hydrogens is 289 g/mol. The normalized spacial score (nSPS) is 12.6. The number of carbonyl (C=O) groups excluding carboxylic acids is 2. The molecular formula is C13H15F3N2O3. The highest BCUT2D eigenvalue weighted by Gasteiger charge is 2.29. The summed E-state index contributed by atoms with van der Waals surface area (Å²) in [6.45, 7) is 1.56. The number of hydrogen-bond donors (Lipinski definition) is 2. The van der Waals surface area contributed by atoms with E-state index in [1.807, 2.05) is 0 Å². The minimum Gasteiger partial charge on any atom is -0.480 e. The Morgan fingerprint density at radius 3 is 2.52 bits per heavy atom. The second kappa shape index (κ2) is 6.47. The van der Waals surface area contributed by atoms with Gasteiger partial charge in [-0.25, -0.2) is 0 Å². The summed E-state index contributed by atoms with van der Waals surface area (Å²) >= 11 is 0. The van der Waals surface area contributed by atoms with E-state index in [1.54, 1.807) is 18.3 Å². The van der Waals surface area contributed by atoms with Crippen LogP contribution >= 0.6 is 0 Å². The van der Waals surface area contributed by atoms with Gasteiger partial charge in [0, 0.05) is 0 Å². The molecule has 0 bridgehead atoms. The van der Waals surface area contributed by atoms with E-state index < -0.39 is 30.6 Å². The first-order chi connectivity index (χ1) is 9.60. The molecule has 0 fully saturated rings. The van der Waals surface area contributed by atoms with Gasteiger partial charge >= 0.3 is 6.18 Å². The Hall–Kier alpha value is -2.25. The van der Waals surface area contributed by atoms with Gasteiger partial charge in [-0.1, -0.05) is 6.07 Å². The summed E-state index contributed by atoms with van der Waals surface area (Å²) < 4.78 is 41.3. The van der Waals surface area contributed by atoms with Crippen LogP contribution in [0.15, 0.2) is 18.2 Å². The topological polar surface area (TPSA) is 81.4 Å². The van der Waals surface area contributed by atoms with Gasteiger partial charge in [0.05, 0.1) is 5.56 Å². The SMILES string of the molecule is Cc1ccc(C(N)=O)c(OC(C)C(=O)NCC(F)(F)F)c1. The van der Waals surface area contributed by atoms with E-state index in [2.05, 4.69) is 0 Å². The van der Waals surface area contributed by atoms with E-state index >= 15 is 0 Å². The van der Waals surface area contributed by atoms with E-state index in [1.165, 1.54) is 19.1 Å². The lowest BCUT2D eigenvalue weighted by Crippen LogP contribution is -2.41. The molecule has 3 N–H and O–H groups in total. The molecule has 0 spiro atoms. The van der Waals surface area contributed by atoms with Crippen molar-refractivity contribution < 1.29 is 27.5 Å². The van der Waals surface area contributed by atoms with Gasteiger partial charge in [0.15, 0.2) is 6.10 Å². The number of rotatable bonds is 5. The van der Waals surface area contributed by atoms with Crippen molar-refractivity contribution in [2.24, 2.45) is 5.73 Å². The average molecular weight is 304 g/mol. The maximum Gasteiger partial charge on any atom is 0.405 e. The number of nitrogens with two attached hydrogens (primary N) is 1. The van der Waals surface area contributed by atoms with Crippen LogP contribution in [0.3, 0.4) is 0 Å². The highest BCUT2D eigenvalue weighted by molar-refractivity contribution is 5.95. The molecule has 8 heteroatoms. The van der Waals surface area contributed by atoms with Crippen molar-refractivity contribution in [2.75, 3.05) is 6.54 Å². The van der Waals surface area contributed by atoms with Gasteiger partial charge < -0.3 is 15.8 Å². The summed E-state index contributed by atoms with van der Waals surface area (Å²) in [7, 11) is 0. The van der Waals surface area contributed by atoms with Crippen molar-refractivity contribution in [3.05, 3.63) is 29.3 Å². The number of alkyl halides is 3. The van der Waals surface area contributed by atoms with Gasteiger partial charge in [-0.05, 0) is 31.5 Å². The quantitative estimate of drug-likeness (QED) is 0.865. The minimum absolute atomic E-state index is 0.0519. The van der Waals surface area contributed by atoms with Crippen LogP contribution in [0.2, 0.25) is 0 Å². The Morgan fingerprint density at radius 2 is 2.00 bits per heavy atom. The van der Waals surface area contributed by atoms with Crippen molar-refractivity contribution in [3.63, 3.8) is 0 Å². The summed E-state index contributed by atoms with van der Waals surface area (Å²) in [6, 6.07) is 4.53. The van der Waals surface area contributed by atoms with Crippen LogP contribution in [0.1, 0.15) is 22.8 Å². The molecule has 0 radical (unpaired) electrons. The second-order valence-electron chi connectivity index (χ2n) is 4.46. The molecule has 0 aliphatic heterocycles. The zero-order chi connectivity index (χ0) is 16.2. The van der Waals surface area contributed by atoms with Crippen molar-refractivity contribution in [1.29, 1.82) is 0 Å². The highest BCUT2D eigenvalue weighted by atomic mass is 19.4. The molecule has 0 heterocycles. The third-order valence-electron chi connectivity index (χ3n) is 2.54. The van der Waals surface area contributed by atoms with Crippen LogP contribution in [0.4, 0.5) is 13.2 Å². The number of hydrogen-bond acceptors (Lipinski definition) is 3. The molecule has 0 aliphatic carbocycles. The van der Waals surface area contributed by atoms with Crippen molar-refractivity contribution in [2.45, 2.75) is 26.1 Å². The molecule has 2 amide bonds. The molecule has 1 aromatic rings. The maximum absolute atomic E-state index is 12.0. The molecule has 0 saturated heterocycles. The van der Waals surface area contributed by atoms with Gasteiger partial charge in [0.2, 0.25) is 0 Å².